The van der Waals surface area contributed by atoms with Crippen LogP contribution in [0.2, 0.25) is 0 Å². The van der Waals surface area contributed by atoms with Crippen molar-refractivity contribution in [2.24, 2.45) is 0 Å². The molecule has 2 rings (SSSR count). The Labute approximate surface area is 94.7 Å². The molecule has 0 spiro atoms. The molecule has 2 N–H and O–H groups in total. The number of halogens is 3. The molecule has 7 heteroatoms. The summed E-state index contributed by atoms with van der Waals surface area (Å²) in [6.07, 6.45) is -4.62. The van der Waals surface area contributed by atoms with Crippen molar-refractivity contribution >= 4 is 23.5 Å². The summed E-state index contributed by atoms with van der Waals surface area (Å²) >= 11 is 0. The van der Waals surface area contributed by atoms with E-state index in [4.69, 9.17) is 10.0 Å². The third kappa shape index (κ3) is 2.25. The third-order valence-electron chi connectivity index (χ3n) is 2.32. The SMILES string of the molecule is OB(O)c1cc(C(F)(F)F)nc2ccccc12. The van der Waals surface area contributed by atoms with E-state index in [1.165, 1.54) is 18.2 Å². The maximum absolute atomic E-state index is 12.5. The first kappa shape index (κ1) is 11.9. The topological polar surface area (TPSA) is 53.4 Å². The van der Waals surface area contributed by atoms with Gasteiger partial charge in [0.15, 0.2) is 0 Å². The number of fused-ring (bicyclic) bond motifs is 1. The Morgan fingerprint density at radius 3 is 2.35 bits per heavy atom. The fraction of sp³-hybridized carbons (Fsp3) is 0.100. The molecule has 0 saturated carbocycles. The molecular weight excluding hydrogens is 234 g/mol. The second-order valence-electron chi connectivity index (χ2n) is 3.49. The molecule has 1 heterocycles. The summed E-state index contributed by atoms with van der Waals surface area (Å²) in [7, 11) is -1.97. The number of pyridine rings is 1. The molecule has 3 nitrogen and oxygen atoms in total. The van der Waals surface area contributed by atoms with E-state index in [1.54, 1.807) is 6.07 Å². The minimum absolute atomic E-state index is 0.0745. The minimum Gasteiger partial charge on any atom is -0.423 e. The van der Waals surface area contributed by atoms with E-state index in [1.807, 2.05) is 0 Å². The molecule has 88 valence electrons. The Balaban J connectivity index is 2.76. The van der Waals surface area contributed by atoms with Crippen LogP contribution in [0.15, 0.2) is 30.3 Å². The van der Waals surface area contributed by atoms with Crippen molar-refractivity contribution in [1.82, 2.24) is 4.98 Å². The Morgan fingerprint density at radius 2 is 1.76 bits per heavy atom. The van der Waals surface area contributed by atoms with Gasteiger partial charge in [0.25, 0.3) is 0 Å². The number of hydrogen-bond acceptors (Lipinski definition) is 3. The molecule has 0 unspecified atom stereocenters. The average Bonchev–Trinajstić information content (AvgIpc) is 2.26. The van der Waals surface area contributed by atoms with Crippen LogP contribution < -0.4 is 5.46 Å². The zero-order valence-corrected chi connectivity index (χ0v) is 8.44. The first-order valence-electron chi connectivity index (χ1n) is 4.72. The van der Waals surface area contributed by atoms with E-state index >= 15 is 0 Å². The van der Waals surface area contributed by atoms with Gasteiger partial charge in [-0.15, -0.1) is 0 Å². The van der Waals surface area contributed by atoms with E-state index in [0.717, 1.165) is 0 Å². The Kier molecular flexibility index (Phi) is 2.80. The van der Waals surface area contributed by atoms with Crippen LogP contribution in [0.4, 0.5) is 13.2 Å². The summed E-state index contributed by atoms with van der Waals surface area (Å²) in [6.45, 7) is 0. The van der Waals surface area contributed by atoms with Gasteiger partial charge >= 0.3 is 13.3 Å². The maximum Gasteiger partial charge on any atom is 0.489 e. The van der Waals surface area contributed by atoms with Gasteiger partial charge < -0.3 is 10.0 Å². The van der Waals surface area contributed by atoms with Crippen LogP contribution in [0.25, 0.3) is 10.9 Å². The quantitative estimate of drug-likeness (QED) is 0.730. The second-order valence-corrected chi connectivity index (χ2v) is 3.49. The highest BCUT2D eigenvalue weighted by molar-refractivity contribution is 6.61. The van der Waals surface area contributed by atoms with Crippen LogP contribution in [-0.2, 0) is 6.18 Å². The summed E-state index contributed by atoms with van der Waals surface area (Å²) in [4.78, 5) is 3.44. The van der Waals surface area contributed by atoms with E-state index in [-0.39, 0.29) is 16.4 Å². The lowest BCUT2D eigenvalue weighted by Gasteiger charge is -2.10. The van der Waals surface area contributed by atoms with E-state index in [9.17, 15) is 13.2 Å². The van der Waals surface area contributed by atoms with Gasteiger partial charge in [-0.05, 0) is 23.0 Å². The monoisotopic (exact) mass is 241 g/mol. The summed E-state index contributed by atoms with van der Waals surface area (Å²) in [5.41, 5.74) is -1.27. The van der Waals surface area contributed by atoms with Crippen molar-refractivity contribution in [2.75, 3.05) is 0 Å². The summed E-state index contributed by atoms with van der Waals surface area (Å²) < 4.78 is 37.6. The van der Waals surface area contributed by atoms with Crippen molar-refractivity contribution < 1.29 is 23.2 Å². The van der Waals surface area contributed by atoms with Crippen molar-refractivity contribution in [1.29, 1.82) is 0 Å². The molecule has 0 aliphatic rings. The summed E-state index contributed by atoms with van der Waals surface area (Å²) in [5, 5.41) is 18.4. The van der Waals surface area contributed by atoms with Gasteiger partial charge in [0.2, 0.25) is 0 Å². The molecule has 0 radical (unpaired) electrons. The van der Waals surface area contributed by atoms with Crippen LogP contribution in [0, 0.1) is 0 Å². The molecule has 1 aromatic carbocycles. The van der Waals surface area contributed by atoms with Crippen LogP contribution >= 0.6 is 0 Å². The lowest BCUT2D eigenvalue weighted by atomic mass is 9.77. The number of para-hydroxylation sites is 1. The normalized spacial score (nSPS) is 11.8. The Bertz CT molecular complexity index is 557. The number of nitrogens with zero attached hydrogens (tertiary/aromatic N) is 1. The number of hydrogen-bond donors (Lipinski definition) is 2. The van der Waals surface area contributed by atoms with E-state index < -0.39 is 19.0 Å². The van der Waals surface area contributed by atoms with Gasteiger partial charge in [0, 0.05) is 0 Å². The van der Waals surface area contributed by atoms with Crippen LogP contribution in [0.1, 0.15) is 5.69 Å². The van der Waals surface area contributed by atoms with Gasteiger partial charge in [0.05, 0.1) is 5.52 Å². The molecule has 17 heavy (non-hydrogen) atoms. The van der Waals surface area contributed by atoms with Crippen molar-refractivity contribution in [3.63, 3.8) is 0 Å². The molecule has 0 aliphatic heterocycles. The zero-order chi connectivity index (χ0) is 12.6. The second kappa shape index (κ2) is 4.01. The van der Waals surface area contributed by atoms with Crippen molar-refractivity contribution in [3.05, 3.63) is 36.0 Å². The standard InChI is InChI=1S/C10H7BF3NO2/c12-10(13,14)9-5-7(11(16)17)6-3-1-2-4-8(6)15-9/h1-5,16-17H. The van der Waals surface area contributed by atoms with Crippen molar-refractivity contribution in [2.45, 2.75) is 6.18 Å². The molecule has 2 aromatic rings. The van der Waals surface area contributed by atoms with Gasteiger partial charge in [-0.2, -0.15) is 13.2 Å². The zero-order valence-electron chi connectivity index (χ0n) is 8.44. The summed E-state index contributed by atoms with van der Waals surface area (Å²) in [5.74, 6) is 0. The average molecular weight is 241 g/mol. The molecular formula is C10H7BF3NO2. The van der Waals surface area contributed by atoms with Gasteiger partial charge in [0.1, 0.15) is 5.69 Å². The number of alkyl halides is 3. The van der Waals surface area contributed by atoms with Crippen LogP contribution in [0.3, 0.4) is 0 Å². The highest BCUT2D eigenvalue weighted by Crippen LogP contribution is 2.28. The smallest absolute Gasteiger partial charge is 0.423 e. The largest absolute Gasteiger partial charge is 0.489 e. The molecule has 0 atom stereocenters. The molecule has 0 fully saturated rings. The number of rotatable bonds is 1. The first-order chi connectivity index (χ1) is 7.89. The van der Waals surface area contributed by atoms with E-state index in [2.05, 4.69) is 4.98 Å². The predicted octanol–water partition coefficient (Wildman–Crippen LogP) is 0.933. The Morgan fingerprint density at radius 1 is 1.12 bits per heavy atom. The summed E-state index contributed by atoms with van der Waals surface area (Å²) in [6, 6.07) is 6.63. The lowest BCUT2D eigenvalue weighted by Crippen LogP contribution is -2.32. The lowest BCUT2D eigenvalue weighted by molar-refractivity contribution is -0.140. The molecule has 0 amide bonds. The highest BCUT2D eigenvalue weighted by atomic mass is 19.4. The van der Waals surface area contributed by atoms with E-state index in [0.29, 0.717) is 6.07 Å². The Hall–Kier alpha value is -1.60. The van der Waals surface area contributed by atoms with Crippen molar-refractivity contribution in [3.8, 4) is 0 Å². The molecule has 0 saturated heterocycles. The predicted molar refractivity (Wildman–Crippen MR) is 56.6 cm³/mol. The van der Waals surface area contributed by atoms with Gasteiger partial charge in [-0.3, -0.25) is 0 Å². The number of aromatic nitrogens is 1. The maximum atomic E-state index is 12.5. The fourth-order valence-corrected chi connectivity index (χ4v) is 1.56. The van der Waals surface area contributed by atoms with Gasteiger partial charge in [-0.25, -0.2) is 4.98 Å². The number of benzene rings is 1. The third-order valence-corrected chi connectivity index (χ3v) is 2.32. The molecule has 1 aromatic heterocycles. The van der Waals surface area contributed by atoms with Crippen LogP contribution in [0.5, 0.6) is 0 Å². The minimum atomic E-state index is -4.62. The highest BCUT2D eigenvalue weighted by Gasteiger charge is 2.34. The molecule has 0 aliphatic carbocycles. The van der Waals surface area contributed by atoms with Crippen LogP contribution in [-0.4, -0.2) is 22.2 Å². The fourth-order valence-electron chi connectivity index (χ4n) is 1.56. The molecule has 0 bridgehead atoms. The van der Waals surface area contributed by atoms with Gasteiger partial charge in [-0.1, -0.05) is 18.2 Å². The first-order valence-corrected chi connectivity index (χ1v) is 4.72.